The van der Waals surface area contributed by atoms with Crippen molar-refractivity contribution in [1.29, 1.82) is 0 Å². The number of hydrogen-bond donors (Lipinski definition) is 3. The van der Waals surface area contributed by atoms with E-state index in [2.05, 4.69) is 10.3 Å². The van der Waals surface area contributed by atoms with Gasteiger partial charge in [-0.25, -0.2) is 5.48 Å². The molecule has 0 atom stereocenters. The zero-order valence-electron chi connectivity index (χ0n) is 7.93. The number of hydrogen-bond acceptors (Lipinski definition) is 4. The third-order valence-electron chi connectivity index (χ3n) is 1.67. The predicted octanol–water partition coefficient (Wildman–Crippen LogP) is 0.306. The summed E-state index contributed by atoms with van der Waals surface area (Å²) in [7, 11) is 0. The highest BCUT2D eigenvalue weighted by molar-refractivity contribution is 5.92. The summed E-state index contributed by atoms with van der Waals surface area (Å²) in [4.78, 5) is 25.6. The highest BCUT2D eigenvalue weighted by atomic mass is 16.5. The van der Waals surface area contributed by atoms with Gasteiger partial charge in [-0.1, -0.05) is 0 Å². The molecule has 0 fully saturated rings. The van der Waals surface area contributed by atoms with Crippen molar-refractivity contribution < 1.29 is 14.8 Å². The van der Waals surface area contributed by atoms with Crippen LogP contribution in [-0.4, -0.2) is 22.0 Å². The number of pyridine rings is 1. The molecule has 0 unspecified atom stereocenters. The van der Waals surface area contributed by atoms with Crippen LogP contribution >= 0.6 is 0 Å². The second kappa shape index (κ2) is 5.71. The summed E-state index contributed by atoms with van der Waals surface area (Å²) < 4.78 is 0. The fourth-order valence-electron chi connectivity index (χ4n) is 0.942. The van der Waals surface area contributed by atoms with Crippen LogP contribution in [0.3, 0.4) is 0 Å². The minimum atomic E-state index is -0.583. The van der Waals surface area contributed by atoms with Gasteiger partial charge in [0.05, 0.1) is 0 Å². The second-order valence-electron chi connectivity index (χ2n) is 2.82. The van der Waals surface area contributed by atoms with Crippen LogP contribution in [0.1, 0.15) is 12.8 Å². The Labute approximate surface area is 86.3 Å². The van der Waals surface area contributed by atoms with E-state index in [1.54, 1.807) is 24.5 Å². The number of anilines is 1. The van der Waals surface area contributed by atoms with E-state index < -0.39 is 5.91 Å². The van der Waals surface area contributed by atoms with Gasteiger partial charge < -0.3 is 5.32 Å². The van der Waals surface area contributed by atoms with Crippen LogP contribution < -0.4 is 10.8 Å². The van der Waals surface area contributed by atoms with Gasteiger partial charge in [-0.05, 0) is 12.1 Å². The summed E-state index contributed by atoms with van der Waals surface area (Å²) >= 11 is 0. The summed E-state index contributed by atoms with van der Waals surface area (Å²) in [6.07, 6.45) is 3.08. The number of carbonyl (C=O) groups excluding carboxylic acids is 2. The van der Waals surface area contributed by atoms with E-state index in [1.807, 2.05) is 0 Å². The number of aromatic nitrogens is 1. The third kappa shape index (κ3) is 4.19. The van der Waals surface area contributed by atoms with Crippen molar-refractivity contribution in [2.45, 2.75) is 12.8 Å². The fourth-order valence-corrected chi connectivity index (χ4v) is 0.942. The molecule has 0 bridgehead atoms. The van der Waals surface area contributed by atoms with E-state index in [0.29, 0.717) is 5.69 Å². The smallest absolute Gasteiger partial charge is 0.243 e. The zero-order chi connectivity index (χ0) is 11.1. The summed E-state index contributed by atoms with van der Waals surface area (Å²) in [6, 6.07) is 3.29. The van der Waals surface area contributed by atoms with Gasteiger partial charge in [-0.15, -0.1) is 0 Å². The standard InChI is InChI=1S/C9H11N3O3/c13-8(1-2-9(14)12-15)11-7-3-5-10-6-4-7/h3-6,15H,1-2H2,(H,12,14)(H,10,11,13). The zero-order valence-corrected chi connectivity index (χ0v) is 7.93. The molecule has 0 aliphatic rings. The molecule has 2 amide bonds. The van der Waals surface area contributed by atoms with Gasteiger partial charge in [-0.2, -0.15) is 0 Å². The molecular weight excluding hydrogens is 198 g/mol. The van der Waals surface area contributed by atoms with E-state index in [0.717, 1.165) is 0 Å². The number of nitrogens with zero attached hydrogens (tertiary/aromatic N) is 1. The molecule has 0 aliphatic heterocycles. The van der Waals surface area contributed by atoms with Crippen molar-refractivity contribution in [3.8, 4) is 0 Å². The van der Waals surface area contributed by atoms with Gasteiger partial charge >= 0.3 is 0 Å². The van der Waals surface area contributed by atoms with Crippen molar-refractivity contribution >= 4 is 17.5 Å². The van der Waals surface area contributed by atoms with Crippen LogP contribution in [0.4, 0.5) is 5.69 Å². The Bertz CT molecular complexity index is 340. The monoisotopic (exact) mass is 209 g/mol. The molecule has 1 heterocycles. The maximum absolute atomic E-state index is 11.2. The van der Waals surface area contributed by atoms with Crippen molar-refractivity contribution in [3.63, 3.8) is 0 Å². The lowest BCUT2D eigenvalue weighted by Gasteiger charge is -2.03. The first kappa shape index (κ1) is 11.1. The van der Waals surface area contributed by atoms with E-state index in [-0.39, 0.29) is 18.7 Å². The van der Waals surface area contributed by atoms with Gasteiger partial charge in [-0.3, -0.25) is 19.8 Å². The number of carbonyl (C=O) groups is 2. The molecule has 1 rings (SSSR count). The lowest BCUT2D eigenvalue weighted by atomic mass is 10.3. The molecule has 1 aromatic rings. The molecule has 6 heteroatoms. The summed E-state index contributed by atoms with van der Waals surface area (Å²) in [6.45, 7) is 0. The van der Waals surface area contributed by atoms with Crippen molar-refractivity contribution in [2.24, 2.45) is 0 Å². The number of amides is 2. The fraction of sp³-hybridized carbons (Fsp3) is 0.222. The highest BCUT2D eigenvalue weighted by Crippen LogP contribution is 2.04. The van der Waals surface area contributed by atoms with Crippen LogP contribution in [0.15, 0.2) is 24.5 Å². The molecule has 3 N–H and O–H groups in total. The summed E-state index contributed by atoms with van der Waals surface area (Å²) in [5, 5.41) is 10.8. The maximum atomic E-state index is 11.2. The normalized spacial score (nSPS) is 9.40. The van der Waals surface area contributed by atoms with E-state index in [9.17, 15) is 9.59 Å². The minimum Gasteiger partial charge on any atom is -0.326 e. The van der Waals surface area contributed by atoms with Gasteiger partial charge in [0, 0.05) is 30.9 Å². The summed E-state index contributed by atoms with van der Waals surface area (Å²) in [5.74, 6) is -0.871. The molecule has 0 saturated carbocycles. The first-order chi connectivity index (χ1) is 7.22. The average Bonchev–Trinajstić information content (AvgIpc) is 2.27. The SMILES string of the molecule is O=C(CCC(=O)Nc1ccncc1)NO. The molecule has 6 nitrogen and oxygen atoms in total. The molecular formula is C9H11N3O3. The highest BCUT2D eigenvalue weighted by Gasteiger charge is 2.05. The Balaban J connectivity index is 2.34. The van der Waals surface area contributed by atoms with Crippen molar-refractivity contribution in [1.82, 2.24) is 10.5 Å². The van der Waals surface area contributed by atoms with Crippen LogP contribution in [0.2, 0.25) is 0 Å². The van der Waals surface area contributed by atoms with Gasteiger partial charge in [0.15, 0.2) is 0 Å². The second-order valence-corrected chi connectivity index (χ2v) is 2.82. The predicted molar refractivity (Wildman–Crippen MR) is 52.0 cm³/mol. The first-order valence-electron chi connectivity index (χ1n) is 4.35. The first-order valence-corrected chi connectivity index (χ1v) is 4.35. The Morgan fingerprint density at radius 1 is 1.20 bits per heavy atom. The van der Waals surface area contributed by atoms with Crippen LogP contribution in [0.25, 0.3) is 0 Å². The number of nitrogens with one attached hydrogen (secondary N) is 2. The molecule has 0 saturated heterocycles. The van der Waals surface area contributed by atoms with Crippen LogP contribution in [-0.2, 0) is 9.59 Å². The maximum Gasteiger partial charge on any atom is 0.243 e. The van der Waals surface area contributed by atoms with Crippen LogP contribution in [0.5, 0.6) is 0 Å². The van der Waals surface area contributed by atoms with Gasteiger partial charge in [0.25, 0.3) is 0 Å². The van der Waals surface area contributed by atoms with Gasteiger partial charge in [0.2, 0.25) is 11.8 Å². The quantitative estimate of drug-likeness (QED) is 0.491. The topological polar surface area (TPSA) is 91.3 Å². The molecule has 0 aromatic carbocycles. The Kier molecular flexibility index (Phi) is 4.24. The number of hydroxylamine groups is 1. The summed E-state index contributed by atoms with van der Waals surface area (Å²) in [5.41, 5.74) is 2.08. The molecule has 15 heavy (non-hydrogen) atoms. The lowest BCUT2D eigenvalue weighted by Crippen LogP contribution is -2.21. The van der Waals surface area contributed by atoms with E-state index in [1.165, 1.54) is 5.48 Å². The van der Waals surface area contributed by atoms with E-state index >= 15 is 0 Å². The largest absolute Gasteiger partial charge is 0.326 e. The molecule has 0 radical (unpaired) electrons. The molecule has 0 spiro atoms. The Hall–Kier alpha value is -1.95. The molecule has 0 aliphatic carbocycles. The number of rotatable bonds is 4. The lowest BCUT2D eigenvalue weighted by molar-refractivity contribution is -0.131. The van der Waals surface area contributed by atoms with E-state index in [4.69, 9.17) is 5.21 Å². The van der Waals surface area contributed by atoms with Crippen LogP contribution in [0, 0.1) is 0 Å². The van der Waals surface area contributed by atoms with Gasteiger partial charge in [0.1, 0.15) is 0 Å². The Morgan fingerprint density at radius 2 is 1.80 bits per heavy atom. The van der Waals surface area contributed by atoms with Crippen molar-refractivity contribution in [2.75, 3.05) is 5.32 Å². The third-order valence-corrected chi connectivity index (χ3v) is 1.67. The van der Waals surface area contributed by atoms with Crippen molar-refractivity contribution in [3.05, 3.63) is 24.5 Å². The average molecular weight is 209 g/mol. The minimum absolute atomic E-state index is 0.0225. The Morgan fingerprint density at radius 3 is 2.40 bits per heavy atom. The molecule has 1 aromatic heterocycles. The molecule has 80 valence electrons.